The molecule has 0 saturated heterocycles. The predicted octanol–water partition coefficient (Wildman–Crippen LogP) is 4.65. The number of nitrogens with one attached hydrogen (secondary N) is 3. The number of carbonyl (C=O) groups is 1. The summed E-state index contributed by atoms with van der Waals surface area (Å²) < 4.78 is 10.8. The summed E-state index contributed by atoms with van der Waals surface area (Å²) in [5.74, 6) is 1.39. The second-order valence-corrected chi connectivity index (χ2v) is 9.51. The maximum Gasteiger partial charge on any atom is 0.230 e. The number of anilines is 3. The molecule has 0 unspecified atom stereocenters. The number of hydrogen-bond acceptors (Lipinski definition) is 8. The van der Waals surface area contributed by atoms with Crippen molar-refractivity contribution in [3.8, 4) is 11.5 Å². The van der Waals surface area contributed by atoms with Gasteiger partial charge in [-0.3, -0.25) is 4.79 Å². The molecule has 4 aromatic rings. The summed E-state index contributed by atoms with van der Waals surface area (Å²) in [6.07, 6.45) is 0.417. The van der Waals surface area contributed by atoms with E-state index in [0.29, 0.717) is 12.2 Å². The molecule has 1 aromatic heterocycles. The van der Waals surface area contributed by atoms with Crippen molar-refractivity contribution in [3.63, 3.8) is 0 Å². The van der Waals surface area contributed by atoms with E-state index < -0.39 is 6.10 Å². The van der Waals surface area contributed by atoms with Crippen LogP contribution in [0.4, 0.5) is 16.5 Å². The summed E-state index contributed by atoms with van der Waals surface area (Å²) in [7, 11) is 1.63. The molecule has 0 radical (unpaired) electrons. The van der Waals surface area contributed by atoms with Gasteiger partial charge in [-0.2, -0.15) is 0 Å². The van der Waals surface area contributed by atoms with Gasteiger partial charge < -0.3 is 30.5 Å². The van der Waals surface area contributed by atoms with Crippen LogP contribution in [0.15, 0.2) is 84.2 Å². The highest BCUT2D eigenvalue weighted by molar-refractivity contribution is 7.13. The van der Waals surface area contributed by atoms with Gasteiger partial charge in [-0.1, -0.05) is 36.4 Å². The van der Waals surface area contributed by atoms with Gasteiger partial charge in [-0.05, 0) is 54.9 Å². The van der Waals surface area contributed by atoms with Crippen molar-refractivity contribution in [1.82, 2.24) is 10.3 Å². The Balaban J connectivity index is 1.14. The maximum absolute atomic E-state index is 12.5. The van der Waals surface area contributed by atoms with Crippen molar-refractivity contribution in [1.29, 1.82) is 0 Å². The number of para-hydroxylation sites is 1. The highest BCUT2D eigenvalue weighted by Gasteiger charge is 2.09. The zero-order valence-electron chi connectivity index (χ0n) is 21.2. The number of carbonyl (C=O) groups excluding carboxylic acids is 1. The molecule has 0 aliphatic heterocycles. The smallest absolute Gasteiger partial charge is 0.230 e. The number of aliphatic hydroxyl groups is 1. The molecule has 198 valence electrons. The molecule has 1 amide bonds. The van der Waals surface area contributed by atoms with Crippen LogP contribution in [0, 0.1) is 0 Å². The first-order chi connectivity index (χ1) is 18.6. The minimum Gasteiger partial charge on any atom is -0.497 e. The molecule has 1 atom stereocenters. The molecule has 0 fully saturated rings. The van der Waals surface area contributed by atoms with E-state index in [4.69, 9.17) is 9.47 Å². The van der Waals surface area contributed by atoms with Gasteiger partial charge in [0.25, 0.3) is 0 Å². The molecule has 8 nitrogen and oxygen atoms in total. The van der Waals surface area contributed by atoms with Crippen molar-refractivity contribution in [2.75, 3.05) is 37.4 Å². The van der Waals surface area contributed by atoms with Crippen LogP contribution in [0.2, 0.25) is 0 Å². The predicted molar refractivity (Wildman–Crippen MR) is 152 cm³/mol. The molecule has 1 heterocycles. The van der Waals surface area contributed by atoms with E-state index >= 15 is 0 Å². The van der Waals surface area contributed by atoms with Gasteiger partial charge in [-0.15, -0.1) is 11.3 Å². The fraction of sp³-hybridized carbons (Fsp3) is 0.241. The lowest BCUT2D eigenvalue weighted by Crippen LogP contribution is -2.32. The minimum absolute atomic E-state index is 0.121. The van der Waals surface area contributed by atoms with Gasteiger partial charge in [0.15, 0.2) is 5.13 Å². The van der Waals surface area contributed by atoms with E-state index in [-0.39, 0.29) is 18.9 Å². The summed E-state index contributed by atoms with van der Waals surface area (Å²) in [6.45, 7) is 1.42. The summed E-state index contributed by atoms with van der Waals surface area (Å²) >= 11 is 1.45. The van der Waals surface area contributed by atoms with Crippen LogP contribution in [-0.2, 0) is 17.6 Å². The highest BCUT2D eigenvalue weighted by atomic mass is 32.1. The first-order valence-electron chi connectivity index (χ1n) is 12.4. The van der Waals surface area contributed by atoms with Crippen LogP contribution in [0.5, 0.6) is 11.5 Å². The first-order valence-corrected chi connectivity index (χ1v) is 13.3. The van der Waals surface area contributed by atoms with E-state index in [0.717, 1.165) is 46.5 Å². The van der Waals surface area contributed by atoms with Gasteiger partial charge in [0.2, 0.25) is 5.91 Å². The summed E-state index contributed by atoms with van der Waals surface area (Å²) in [5.41, 5.74) is 3.46. The number of thiazole rings is 1. The normalized spacial score (nSPS) is 11.5. The van der Waals surface area contributed by atoms with Gasteiger partial charge >= 0.3 is 0 Å². The van der Waals surface area contributed by atoms with Crippen LogP contribution in [0.3, 0.4) is 0 Å². The lowest BCUT2D eigenvalue weighted by molar-refractivity contribution is -0.115. The average Bonchev–Trinajstić information content (AvgIpc) is 3.37. The van der Waals surface area contributed by atoms with Crippen molar-refractivity contribution in [2.45, 2.75) is 18.9 Å². The molecule has 0 spiro atoms. The second kappa shape index (κ2) is 14.1. The molecule has 0 aliphatic rings. The number of rotatable bonds is 14. The molecular formula is C29H32N4O4S. The number of aliphatic hydroxyl groups excluding tert-OH is 1. The first kappa shape index (κ1) is 27.1. The molecule has 4 rings (SSSR count). The largest absolute Gasteiger partial charge is 0.497 e. The van der Waals surface area contributed by atoms with E-state index in [9.17, 15) is 9.90 Å². The number of hydrogen-bond donors (Lipinski definition) is 4. The third-order valence-corrected chi connectivity index (χ3v) is 6.41. The fourth-order valence-corrected chi connectivity index (χ4v) is 4.39. The van der Waals surface area contributed by atoms with Gasteiger partial charge in [0, 0.05) is 29.4 Å². The summed E-state index contributed by atoms with van der Waals surface area (Å²) in [4.78, 5) is 17.0. The van der Waals surface area contributed by atoms with Crippen LogP contribution >= 0.6 is 11.3 Å². The molecule has 38 heavy (non-hydrogen) atoms. The quantitative estimate of drug-likeness (QED) is 0.175. The Morgan fingerprint density at radius 2 is 1.79 bits per heavy atom. The number of ether oxygens (including phenoxy) is 2. The van der Waals surface area contributed by atoms with Gasteiger partial charge in [0.05, 0.1) is 19.2 Å². The zero-order valence-corrected chi connectivity index (χ0v) is 22.0. The SMILES string of the molecule is COc1cccc(Nc2nc(CC(=O)Nc3ccc(CCNC[C@H](O)COc4ccccc4)cc3)cs2)c1. The third kappa shape index (κ3) is 8.88. The third-order valence-electron chi connectivity index (χ3n) is 5.61. The Bertz CT molecular complexity index is 1280. The lowest BCUT2D eigenvalue weighted by Gasteiger charge is -2.13. The van der Waals surface area contributed by atoms with Crippen molar-refractivity contribution in [3.05, 3.63) is 95.5 Å². The second-order valence-electron chi connectivity index (χ2n) is 8.65. The molecule has 3 aromatic carbocycles. The number of aromatic nitrogens is 1. The molecule has 0 saturated carbocycles. The number of amides is 1. The lowest BCUT2D eigenvalue weighted by atomic mass is 10.1. The van der Waals surface area contributed by atoms with Crippen LogP contribution in [0.25, 0.3) is 0 Å². The summed E-state index contributed by atoms with van der Waals surface area (Å²) in [6, 6.07) is 24.8. The van der Waals surface area contributed by atoms with E-state index in [1.165, 1.54) is 11.3 Å². The number of methoxy groups -OCH3 is 1. The number of benzene rings is 3. The zero-order chi connectivity index (χ0) is 26.6. The number of nitrogens with zero attached hydrogens (tertiary/aromatic N) is 1. The standard InChI is InChI=1S/C29H32N4O4S/c1-36-27-9-5-6-23(16-27)32-29-33-24(20-38-29)17-28(35)31-22-12-10-21(11-13-22)14-15-30-18-25(34)19-37-26-7-3-2-4-8-26/h2-13,16,20,25,30,34H,14-15,17-19H2,1H3,(H,31,35)(H,32,33)/t25-/m0/s1. The topological polar surface area (TPSA) is 105 Å². The fourth-order valence-electron chi connectivity index (χ4n) is 3.66. The molecular weight excluding hydrogens is 500 g/mol. The molecule has 9 heteroatoms. The van der Waals surface area contributed by atoms with E-state index in [2.05, 4.69) is 20.9 Å². The highest BCUT2D eigenvalue weighted by Crippen LogP contribution is 2.24. The van der Waals surface area contributed by atoms with Crippen molar-refractivity contribution < 1.29 is 19.4 Å². The summed E-state index contributed by atoms with van der Waals surface area (Å²) in [5, 5.41) is 22.1. The molecule has 0 bridgehead atoms. The minimum atomic E-state index is -0.584. The Morgan fingerprint density at radius 1 is 1.00 bits per heavy atom. The van der Waals surface area contributed by atoms with Crippen molar-refractivity contribution >= 4 is 33.8 Å². The van der Waals surface area contributed by atoms with E-state index in [1.807, 2.05) is 84.2 Å². The average molecular weight is 533 g/mol. The van der Waals surface area contributed by atoms with E-state index in [1.54, 1.807) is 7.11 Å². The monoisotopic (exact) mass is 532 g/mol. The molecule has 4 N–H and O–H groups in total. The van der Waals surface area contributed by atoms with Crippen molar-refractivity contribution in [2.24, 2.45) is 0 Å². The Labute approximate surface area is 226 Å². The Morgan fingerprint density at radius 3 is 2.58 bits per heavy atom. The molecule has 0 aliphatic carbocycles. The van der Waals surface area contributed by atoms with Crippen LogP contribution in [-0.4, -0.2) is 48.9 Å². The van der Waals surface area contributed by atoms with Gasteiger partial charge in [-0.25, -0.2) is 4.98 Å². The van der Waals surface area contributed by atoms with Gasteiger partial charge in [0.1, 0.15) is 24.2 Å². The maximum atomic E-state index is 12.5. The Hall–Kier alpha value is -3.92. The van der Waals surface area contributed by atoms with Crippen LogP contribution < -0.4 is 25.4 Å². The van der Waals surface area contributed by atoms with Crippen LogP contribution in [0.1, 0.15) is 11.3 Å². The Kier molecular flexibility index (Phi) is 10.1.